The summed E-state index contributed by atoms with van der Waals surface area (Å²) in [6, 6.07) is 4.62. The number of carbonyl (C=O) groups is 2. The number of aromatic nitrogens is 2. The van der Waals surface area contributed by atoms with Gasteiger partial charge in [-0.2, -0.15) is 4.98 Å². The number of nitrogens with one attached hydrogen (secondary N) is 2. The Hall–Kier alpha value is -2.97. The van der Waals surface area contributed by atoms with Gasteiger partial charge in [-0.3, -0.25) is 10.2 Å². The first-order chi connectivity index (χ1) is 11.5. The molecule has 24 heavy (non-hydrogen) atoms. The number of aryl methyl sites for hydroxylation is 2. The van der Waals surface area contributed by atoms with Gasteiger partial charge < -0.3 is 9.26 Å². The molecule has 2 aromatic rings. The van der Waals surface area contributed by atoms with Crippen molar-refractivity contribution < 1.29 is 23.2 Å². The molecule has 0 aliphatic heterocycles. The highest BCUT2D eigenvalue weighted by Crippen LogP contribution is 2.19. The molecule has 2 N–H and O–H groups in total. The molecule has 2 amide bonds. The average Bonchev–Trinajstić information content (AvgIpc) is 3.03. The summed E-state index contributed by atoms with van der Waals surface area (Å²) in [5, 5.41) is 3.76. The Morgan fingerprint density at radius 1 is 1.33 bits per heavy atom. The van der Waals surface area contributed by atoms with Gasteiger partial charge in [0.1, 0.15) is 5.82 Å². The Labute approximate surface area is 137 Å². The number of hydrogen-bond acceptors (Lipinski definition) is 6. The lowest BCUT2D eigenvalue weighted by atomic mass is 10.1. The fourth-order valence-electron chi connectivity index (χ4n) is 1.78. The van der Waals surface area contributed by atoms with E-state index in [9.17, 15) is 14.0 Å². The SMILES string of the molecule is CCOC(=O)NNC(=O)CCc1nc(-c2ccc(C)c(F)c2)no1. The van der Waals surface area contributed by atoms with E-state index >= 15 is 0 Å². The molecule has 0 atom stereocenters. The lowest BCUT2D eigenvalue weighted by molar-refractivity contribution is -0.122. The normalized spacial score (nSPS) is 10.3. The molecule has 9 heteroatoms. The molecule has 0 aliphatic carbocycles. The van der Waals surface area contributed by atoms with Crippen LogP contribution in [0.5, 0.6) is 0 Å². The van der Waals surface area contributed by atoms with Gasteiger partial charge in [-0.25, -0.2) is 14.6 Å². The maximum Gasteiger partial charge on any atom is 0.426 e. The van der Waals surface area contributed by atoms with Gasteiger partial charge in [0.05, 0.1) is 6.61 Å². The van der Waals surface area contributed by atoms with E-state index in [2.05, 4.69) is 25.7 Å². The van der Waals surface area contributed by atoms with Gasteiger partial charge >= 0.3 is 6.09 Å². The minimum atomic E-state index is -0.743. The van der Waals surface area contributed by atoms with Crippen LogP contribution in [0.15, 0.2) is 22.7 Å². The van der Waals surface area contributed by atoms with Crippen LogP contribution in [-0.2, 0) is 16.0 Å². The summed E-state index contributed by atoms with van der Waals surface area (Å²) in [5.41, 5.74) is 5.29. The van der Waals surface area contributed by atoms with Crippen LogP contribution in [0, 0.1) is 12.7 Å². The number of hydrazine groups is 1. The van der Waals surface area contributed by atoms with Crippen LogP contribution < -0.4 is 10.9 Å². The minimum Gasteiger partial charge on any atom is -0.449 e. The van der Waals surface area contributed by atoms with E-state index in [1.807, 2.05) is 0 Å². The number of rotatable bonds is 5. The van der Waals surface area contributed by atoms with Crippen molar-refractivity contribution in [1.29, 1.82) is 0 Å². The Balaban J connectivity index is 1.86. The molecule has 8 nitrogen and oxygen atoms in total. The number of amides is 2. The Morgan fingerprint density at radius 3 is 2.83 bits per heavy atom. The van der Waals surface area contributed by atoms with Crippen LogP contribution in [0.25, 0.3) is 11.4 Å². The third-order valence-corrected chi connectivity index (χ3v) is 3.04. The molecule has 0 saturated carbocycles. The molecule has 2 rings (SSSR count). The average molecular weight is 336 g/mol. The molecule has 0 radical (unpaired) electrons. The zero-order valence-corrected chi connectivity index (χ0v) is 13.3. The summed E-state index contributed by atoms with van der Waals surface area (Å²) < 4.78 is 23.2. The first-order valence-electron chi connectivity index (χ1n) is 7.30. The Bertz CT molecular complexity index is 732. The van der Waals surface area contributed by atoms with E-state index in [1.165, 1.54) is 6.07 Å². The van der Waals surface area contributed by atoms with Gasteiger partial charge in [-0.15, -0.1) is 0 Å². The van der Waals surface area contributed by atoms with Crippen molar-refractivity contribution in [2.45, 2.75) is 26.7 Å². The van der Waals surface area contributed by atoms with Gasteiger partial charge in [0.2, 0.25) is 17.6 Å². The van der Waals surface area contributed by atoms with E-state index in [0.717, 1.165) is 0 Å². The third kappa shape index (κ3) is 4.77. The molecular formula is C15H17FN4O4. The first kappa shape index (κ1) is 17.4. The van der Waals surface area contributed by atoms with Gasteiger partial charge in [0.25, 0.3) is 0 Å². The molecule has 0 unspecified atom stereocenters. The second-order valence-corrected chi connectivity index (χ2v) is 4.87. The molecular weight excluding hydrogens is 319 g/mol. The van der Waals surface area contributed by atoms with Crippen LogP contribution in [0.2, 0.25) is 0 Å². The van der Waals surface area contributed by atoms with E-state index in [0.29, 0.717) is 11.1 Å². The van der Waals surface area contributed by atoms with Crippen LogP contribution in [0.3, 0.4) is 0 Å². The predicted molar refractivity (Wildman–Crippen MR) is 81.1 cm³/mol. The minimum absolute atomic E-state index is 0.0241. The van der Waals surface area contributed by atoms with Crippen LogP contribution in [-0.4, -0.2) is 28.7 Å². The summed E-state index contributed by atoms with van der Waals surface area (Å²) in [6.45, 7) is 3.50. The third-order valence-electron chi connectivity index (χ3n) is 3.04. The largest absolute Gasteiger partial charge is 0.449 e. The maximum absolute atomic E-state index is 13.5. The first-order valence-corrected chi connectivity index (χ1v) is 7.30. The second kappa shape index (κ2) is 8.04. The molecule has 128 valence electrons. The standard InChI is InChI=1S/C15H17FN4O4/c1-3-23-15(22)19-18-12(21)6-7-13-17-14(20-24-13)10-5-4-9(2)11(16)8-10/h4-5,8H,3,6-7H2,1-2H3,(H,18,21)(H,19,22). The van der Waals surface area contributed by atoms with Crippen LogP contribution in [0.4, 0.5) is 9.18 Å². The fourth-order valence-corrected chi connectivity index (χ4v) is 1.78. The van der Waals surface area contributed by atoms with E-state index < -0.39 is 12.0 Å². The van der Waals surface area contributed by atoms with E-state index in [1.54, 1.807) is 26.0 Å². The molecule has 0 spiro atoms. The van der Waals surface area contributed by atoms with Crippen molar-refractivity contribution in [1.82, 2.24) is 21.0 Å². The lowest BCUT2D eigenvalue weighted by Gasteiger charge is -2.05. The van der Waals surface area contributed by atoms with E-state index in [-0.39, 0.29) is 37.0 Å². The van der Waals surface area contributed by atoms with Crippen molar-refractivity contribution in [3.63, 3.8) is 0 Å². The summed E-state index contributed by atoms with van der Waals surface area (Å²) in [7, 11) is 0. The lowest BCUT2D eigenvalue weighted by Crippen LogP contribution is -2.42. The number of ether oxygens (including phenoxy) is 1. The van der Waals surface area contributed by atoms with Crippen molar-refractivity contribution >= 4 is 12.0 Å². The summed E-state index contributed by atoms with van der Waals surface area (Å²) in [4.78, 5) is 26.7. The van der Waals surface area contributed by atoms with Gasteiger partial charge in [-0.1, -0.05) is 17.3 Å². The molecule has 0 fully saturated rings. The van der Waals surface area contributed by atoms with Crippen LogP contribution in [0.1, 0.15) is 24.8 Å². The maximum atomic E-state index is 13.5. The summed E-state index contributed by atoms with van der Waals surface area (Å²) in [5.74, 6) is -0.321. The Morgan fingerprint density at radius 2 is 2.12 bits per heavy atom. The predicted octanol–water partition coefficient (Wildman–Crippen LogP) is 1.89. The van der Waals surface area contributed by atoms with Crippen molar-refractivity contribution in [3.8, 4) is 11.4 Å². The number of benzene rings is 1. The Kier molecular flexibility index (Phi) is 5.83. The smallest absolute Gasteiger partial charge is 0.426 e. The zero-order chi connectivity index (χ0) is 17.5. The molecule has 0 saturated heterocycles. The zero-order valence-electron chi connectivity index (χ0n) is 13.3. The quantitative estimate of drug-likeness (QED) is 0.808. The highest BCUT2D eigenvalue weighted by atomic mass is 19.1. The van der Waals surface area contributed by atoms with Crippen molar-refractivity contribution in [2.24, 2.45) is 0 Å². The molecule has 1 heterocycles. The highest BCUT2D eigenvalue weighted by molar-refractivity contribution is 5.79. The molecule has 0 bridgehead atoms. The van der Waals surface area contributed by atoms with Gasteiger partial charge in [-0.05, 0) is 25.5 Å². The second-order valence-electron chi connectivity index (χ2n) is 4.87. The van der Waals surface area contributed by atoms with Crippen molar-refractivity contribution in [3.05, 3.63) is 35.5 Å². The number of nitrogens with zero attached hydrogens (tertiary/aromatic N) is 2. The number of hydrogen-bond donors (Lipinski definition) is 2. The molecule has 1 aromatic heterocycles. The molecule has 1 aromatic carbocycles. The van der Waals surface area contributed by atoms with Crippen LogP contribution >= 0.6 is 0 Å². The van der Waals surface area contributed by atoms with E-state index in [4.69, 9.17) is 4.52 Å². The molecule has 0 aliphatic rings. The van der Waals surface area contributed by atoms with Crippen molar-refractivity contribution in [2.75, 3.05) is 6.61 Å². The monoisotopic (exact) mass is 336 g/mol. The fraction of sp³-hybridized carbons (Fsp3) is 0.333. The number of halogens is 1. The topological polar surface area (TPSA) is 106 Å². The number of carbonyl (C=O) groups excluding carboxylic acids is 2. The highest BCUT2D eigenvalue weighted by Gasteiger charge is 2.12. The summed E-state index contributed by atoms with van der Waals surface area (Å²) >= 11 is 0. The van der Waals surface area contributed by atoms with Gasteiger partial charge in [0.15, 0.2) is 0 Å². The summed E-state index contributed by atoms with van der Waals surface area (Å²) in [6.07, 6.45) is -0.541. The van der Waals surface area contributed by atoms with Gasteiger partial charge in [0, 0.05) is 18.4 Å².